The van der Waals surface area contributed by atoms with Gasteiger partial charge in [-0.05, 0) is 33.6 Å². The highest BCUT2D eigenvalue weighted by Gasteiger charge is 2.19. The Bertz CT molecular complexity index is 420. The van der Waals surface area contributed by atoms with Crippen molar-refractivity contribution in [3.63, 3.8) is 0 Å². The van der Waals surface area contributed by atoms with Gasteiger partial charge < -0.3 is 13.6 Å². The Balaban J connectivity index is 0. The van der Waals surface area contributed by atoms with Crippen LogP contribution in [-0.4, -0.2) is 48.2 Å². The molecular weight excluding hydrogens is 398 g/mol. The second-order valence-corrected chi connectivity index (χ2v) is 9.54. The van der Waals surface area contributed by atoms with Crippen LogP contribution in [0.15, 0.2) is 0 Å². The van der Waals surface area contributed by atoms with Gasteiger partial charge in [0.15, 0.2) is 0 Å². The first-order chi connectivity index (χ1) is 14.2. The summed E-state index contributed by atoms with van der Waals surface area (Å²) in [5.41, 5.74) is 0. The van der Waals surface area contributed by atoms with Crippen molar-refractivity contribution in [1.82, 2.24) is 0 Å². The number of nitrogens with zero attached hydrogens (tertiary/aromatic N) is 1. The molecule has 6 heteroatoms. The molecule has 0 rings (SSSR count). The highest BCUT2D eigenvalue weighted by molar-refractivity contribution is 7.79. The number of unbranched alkanes of at least 4 members (excludes halogenated alkanes) is 15. The van der Waals surface area contributed by atoms with E-state index in [0.717, 1.165) is 0 Å². The third kappa shape index (κ3) is 25.9. The Labute approximate surface area is 189 Å². The average molecular weight is 451 g/mol. The Morgan fingerprint density at radius 2 is 0.733 bits per heavy atom. The van der Waals surface area contributed by atoms with Gasteiger partial charge in [-0.3, -0.25) is 8.42 Å². The quantitative estimate of drug-likeness (QED) is 0.0885. The zero-order valence-electron chi connectivity index (χ0n) is 20.6. The van der Waals surface area contributed by atoms with Gasteiger partial charge in [-0.25, -0.2) is 0 Å². The standard InChI is InChI=1S/C24H52N.H2O4S/c1-5-9-10-11-12-13-14-15-16-17-18-19-20-21-22-23-24-25(6-2,7-3)8-4;1-5(2,3)4/h5-24H2,1-4H3;(H2,1,2,3,4)/q+1;/p-2. The van der Waals surface area contributed by atoms with Crippen LogP contribution in [0.25, 0.3) is 0 Å². The van der Waals surface area contributed by atoms with Crippen LogP contribution in [0.3, 0.4) is 0 Å². The van der Waals surface area contributed by atoms with E-state index in [1.165, 1.54) is 133 Å². The minimum absolute atomic E-state index is 1.31. The highest BCUT2D eigenvalue weighted by atomic mass is 32.3. The van der Waals surface area contributed by atoms with Crippen LogP contribution in [0.2, 0.25) is 0 Å². The largest absolute Gasteiger partial charge is 0.759 e. The molecule has 0 heterocycles. The number of quaternary nitrogens is 1. The van der Waals surface area contributed by atoms with Crippen LogP contribution in [0.4, 0.5) is 0 Å². The fraction of sp³-hybridized carbons (Fsp3) is 1.00. The lowest BCUT2D eigenvalue weighted by Crippen LogP contribution is -2.48. The fourth-order valence-electron chi connectivity index (χ4n) is 4.14. The summed E-state index contributed by atoms with van der Waals surface area (Å²) in [7, 11) is -5.17. The molecule has 0 saturated heterocycles. The van der Waals surface area contributed by atoms with Crippen LogP contribution < -0.4 is 0 Å². The van der Waals surface area contributed by atoms with E-state index in [9.17, 15) is 0 Å². The summed E-state index contributed by atoms with van der Waals surface area (Å²) in [6.07, 6.45) is 23.4. The maximum absolute atomic E-state index is 8.52. The molecule has 30 heavy (non-hydrogen) atoms. The average Bonchev–Trinajstić information content (AvgIpc) is 2.70. The molecule has 0 aromatic heterocycles. The van der Waals surface area contributed by atoms with Crippen molar-refractivity contribution in [2.75, 3.05) is 26.2 Å². The van der Waals surface area contributed by atoms with Crippen LogP contribution in [-0.2, 0) is 10.4 Å². The van der Waals surface area contributed by atoms with Gasteiger partial charge in [0.2, 0.25) is 0 Å². The van der Waals surface area contributed by atoms with Gasteiger partial charge in [0, 0.05) is 10.4 Å². The predicted octanol–water partition coefficient (Wildman–Crippen LogP) is 6.79. The van der Waals surface area contributed by atoms with E-state index >= 15 is 0 Å². The van der Waals surface area contributed by atoms with E-state index in [1.807, 2.05) is 0 Å². The molecular formula is C24H52NO4S-. The Kier molecular flexibility index (Phi) is 23.5. The summed E-state index contributed by atoms with van der Waals surface area (Å²) in [6.45, 7) is 14.7. The molecule has 0 aliphatic rings. The first kappa shape index (κ1) is 32.0. The van der Waals surface area contributed by atoms with Crippen LogP contribution >= 0.6 is 0 Å². The van der Waals surface area contributed by atoms with Gasteiger partial charge in [0.05, 0.1) is 26.2 Å². The first-order valence-electron chi connectivity index (χ1n) is 12.8. The normalized spacial score (nSPS) is 11.9. The molecule has 0 atom stereocenters. The summed E-state index contributed by atoms with van der Waals surface area (Å²) in [5.74, 6) is 0. The molecule has 0 aliphatic carbocycles. The van der Waals surface area contributed by atoms with Gasteiger partial charge in [-0.1, -0.05) is 96.8 Å². The maximum Gasteiger partial charge on any atom is 0.0786 e. The van der Waals surface area contributed by atoms with Crippen LogP contribution in [0.5, 0.6) is 0 Å². The van der Waals surface area contributed by atoms with E-state index in [1.54, 1.807) is 0 Å². The van der Waals surface area contributed by atoms with E-state index < -0.39 is 10.4 Å². The van der Waals surface area contributed by atoms with Crippen molar-refractivity contribution in [2.24, 2.45) is 0 Å². The van der Waals surface area contributed by atoms with E-state index in [-0.39, 0.29) is 0 Å². The minimum Gasteiger partial charge on any atom is -0.759 e. The van der Waals surface area contributed by atoms with Gasteiger partial charge in [-0.15, -0.1) is 0 Å². The topological polar surface area (TPSA) is 80.3 Å². The molecule has 0 N–H and O–H groups in total. The molecule has 0 radical (unpaired) electrons. The van der Waals surface area contributed by atoms with Crippen molar-refractivity contribution in [3.8, 4) is 0 Å². The lowest BCUT2D eigenvalue weighted by Gasteiger charge is -2.35. The summed E-state index contributed by atoms with van der Waals surface area (Å²) in [6, 6.07) is 0. The fourth-order valence-corrected chi connectivity index (χ4v) is 4.14. The smallest absolute Gasteiger partial charge is 0.0786 e. The van der Waals surface area contributed by atoms with Crippen LogP contribution in [0.1, 0.15) is 130 Å². The number of hydrogen-bond donors (Lipinski definition) is 0. The first-order valence-corrected chi connectivity index (χ1v) is 14.1. The highest BCUT2D eigenvalue weighted by Crippen LogP contribution is 2.15. The van der Waals surface area contributed by atoms with Crippen molar-refractivity contribution in [2.45, 2.75) is 130 Å². The molecule has 0 saturated carbocycles. The van der Waals surface area contributed by atoms with Gasteiger partial charge in [0.25, 0.3) is 0 Å². The molecule has 0 aliphatic heterocycles. The Morgan fingerprint density at radius 1 is 0.500 bits per heavy atom. The zero-order valence-corrected chi connectivity index (χ0v) is 21.4. The van der Waals surface area contributed by atoms with Crippen molar-refractivity contribution >= 4 is 10.4 Å². The Hall–Kier alpha value is -0.170. The maximum atomic E-state index is 8.52. The second-order valence-electron chi connectivity index (χ2n) is 8.73. The molecule has 0 bridgehead atoms. The Morgan fingerprint density at radius 3 is 0.967 bits per heavy atom. The van der Waals surface area contributed by atoms with Gasteiger partial charge >= 0.3 is 0 Å². The molecule has 0 unspecified atom stereocenters. The van der Waals surface area contributed by atoms with Crippen molar-refractivity contribution < 1.29 is 22.0 Å². The van der Waals surface area contributed by atoms with E-state index in [2.05, 4.69) is 27.7 Å². The lowest BCUT2D eigenvalue weighted by atomic mass is 10.0. The number of rotatable bonds is 20. The number of hydrogen-bond acceptors (Lipinski definition) is 4. The molecule has 0 aromatic rings. The van der Waals surface area contributed by atoms with Gasteiger partial charge in [-0.2, -0.15) is 0 Å². The predicted molar refractivity (Wildman–Crippen MR) is 127 cm³/mol. The van der Waals surface area contributed by atoms with E-state index in [0.29, 0.717) is 0 Å². The minimum atomic E-state index is -5.17. The second kappa shape index (κ2) is 22.0. The summed E-state index contributed by atoms with van der Waals surface area (Å²) in [5, 5.41) is 0. The SMILES string of the molecule is CCCCCCCCCCCCCCCCCC[N+](CC)(CC)CC.O=S(=O)([O-])[O-]. The summed E-state index contributed by atoms with van der Waals surface area (Å²) in [4.78, 5) is 0. The molecule has 0 aromatic carbocycles. The monoisotopic (exact) mass is 450 g/mol. The molecule has 0 fully saturated rings. The van der Waals surface area contributed by atoms with Crippen LogP contribution in [0, 0.1) is 0 Å². The molecule has 0 amide bonds. The van der Waals surface area contributed by atoms with E-state index in [4.69, 9.17) is 17.5 Å². The molecule has 5 nitrogen and oxygen atoms in total. The molecule has 184 valence electrons. The molecule has 0 spiro atoms. The van der Waals surface area contributed by atoms with Crippen molar-refractivity contribution in [1.29, 1.82) is 0 Å². The summed E-state index contributed by atoms with van der Waals surface area (Å²) >= 11 is 0. The summed E-state index contributed by atoms with van der Waals surface area (Å²) < 4.78 is 35.4. The van der Waals surface area contributed by atoms with Gasteiger partial charge in [0.1, 0.15) is 0 Å². The third-order valence-corrected chi connectivity index (χ3v) is 6.50. The zero-order chi connectivity index (χ0) is 23.1. The van der Waals surface area contributed by atoms with Crippen molar-refractivity contribution in [3.05, 3.63) is 0 Å². The lowest BCUT2D eigenvalue weighted by molar-refractivity contribution is -0.923. The third-order valence-electron chi connectivity index (χ3n) is 6.50.